The molecule has 1 saturated heterocycles. The average molecular weight is 268 g/mol. The largest absolute Gasteiger partial charge is 0.465 e. The Morgan fingerprint density at radius 2 is 2.00 bits per heavy atom. The minimum absolute atomic E-state index is 0.156. The maximum Gasteiger partial charge on any atom is 0.302 e. The Hall–Kier alpha value is -0.570. The lowest BCUT2D eigenvalue weighted by Gasteiger charge is -2.58. The molecule has 0 aliphatic carbocycles. The second-order valence-corrected chi connectivity index (χ2v) is 6.28. The molecule has 0 N–H and O–H groups in total. The van der Waals surface area contributed by atoms with E-state index in [2.05, 4.69) is 45.9 Å². The zero-order valence-corrected chi connectivity index (χ0v) is 13.5. The third-order valence-electron chi connectivity index (χ3n) is 5.26. The molecule has 3 heteroatoms. The third-order valence-corrected chi connectivity index (χ3v) is 5.26. The van der Waals surface area contributed by atoms with Gasteiger partial charge in [-0.05, 0) is 45.4 Å². The van der Waals surface area contributed by atoms with Gasteiger partial charge in [0.2, 0.25) is 0 Å². The molecule has 0 aromatic rings. The molecule has 19 heavy (non-hydrogen) atoms. The second-order valence-electron chi connectivity index (χ2n) is 6.28. The topological polar surface area (TPSA) is 29.5 Å². The minimum atomic E-state index is -0.187. The molecule has 3 nitrogen and oxygen atoms in total. The van der Waals surface area contributed by atoms with Crippen molar-refractivity contribution in [3.63, 3.8) is 0 Å². The van der Waals surface area contributed by atoms with Crippen LogP contribution in [0.1, 0.15) is 60.8 Å². The lowest BCUT2D eigenvalue weighted by Crippen LogP contribution is -2.64. The van der Waals surface area contributed by atoms with Crippen LogP contribution in [-0.2, 0) is 9.53 Å². The van der Waals surface area contributed by atoms with Gasteiger partial charge in [-0.3, -0.25) is 9.69 Å². The van der Waals surface area contributed by atoms with Crippen molar-refractivity contribution < 1.29 is 9.53 Å². The molecule has 0 saturated carbocycles. The molecule has 0 bridgehead atoms. The fourth-order valence-corrected chi connectivity index (χ4v) is 3.31. The molecule has 0 aromatic carbocycles. The number of esters is 1. The molecule has 1 rings (SSSR count). The van der Waals surface area contributed by atoms with Crippen LogP contribution in [0.25, 0.3) is 0 Å². The van der Waals surface area contributed by atoms with Crippen LogP contribution in [0.15, 0.2) is 0 Å². The van der Waals surface area contributed by atoms with Gasteiger partial charge >= 0.3 is 5.97 Å². The van der Waals surface area contributed by atoms with Gasteiger partial charge in [-0.1, -0.05) is 20.8 Å². The molecule has 3 atom stereocenters. The molecule has 111 valence electrons. The molecule has 0 aromatic heterocycles. The first-order valence-electron chi connectivity index (χ1n) is 7.54. The van der Waals surface area contributed by atoms with Gasteiger partial charge in [0.05, 0.1) is 0 Å². The quantitative estimate of drug-likeness (QED) is 0.715. The maximum absolute atomic E-state index is 11.0. The van der Waals surface area contributed by atoms with E-state index in [1.54, 1.807) is 0 Å². The fourth-order valence-electron chi connectivity index (χ4n) is 3.31. The van der Waals surface area contributed by atoms with Crippen molar-refractivity contribution in [2.45, 2.75) is 71.9 Å². The Labute approximate surface area is 118 Å². The van der Waals surface area contributed by atoms with Crippen LogP contribution < -0.4 is 0 Å². The molecule has 0 spiro atoms. The van der Waals surface area contributed by atoms with Gasteiger partial charge < -0.3 is 4.74 Å². The number of hydrogen-bond donors (Lipinski definition) is 0. The van der Waals surface area contributed by atoms with E-state index < -0.39 is 0 Å². The van der Waals surface area contributed by atoms with E-state index in [9.17, 15) is 4.79 Å². The van der Waals surface area contributed by atoms with Gasteiger partial charge in [-0.2, -0.15) is 0 Å². The van der Waals surface area contributed by atoms with E-state index in [1.165, 1.54) is 6.92 Å². The predicted molar refractivity (Wildman–Crippen MR) is 78.8 cm³/mol. The molecule has 1 heterocycles. The van der Waals surface area contributed by atoms with Crippen LogP contribution in [0.2, 0.25) is 0 Å². The zero-order chi connectivity index (χ0) is 14.7. The predicted octanol–water partition coefficient (Wildman–Crippen LogP) is 3.43. The summed E-state index contributed by atoms with van der Waals surface area (Å²) in [6.45, 7) is 14.3. The van der Waals surface area contributed by atoms with Crippen molar-refractivity contribution in [3.05, 3.63) is 6.42 Å². The summed E-state index contributed by atoms with van der Waals surface area (Å²) in [6.07, 6.45) is 5.81. The van der Waals surface area contributed by atoms with E-state index in [-0.39, 0.29) is 17.0 Å². The van der Waals surface area contributed by atoms with Crippen molar-refractivity contribution in [1.29, 1.82) is 0 Å². The van der Waals surface area contributed by atoms with Crippen molar-refractivity contribution in [2.75, 3.05) is 13.2 Å². The molecule has 1 aliphatic rings. The summed E-state index contributed by atoms with van der Waals surface area (Å²) in [5.41, 5.74) is 0.334. The van der Waals surface area contributed by atoms with Crippen molar-refractivity contribution in [1.82, 2.24) is 4.90 Å². The van der Waals surface area contributed by atoms with E-state index in [0.29, 0.717) is 12.5 Å². The highest BCUT2D eigenvalue weighted by molar-refractivity contribution is 5.65. The summed E-state index contributed by atoms with van der Waals surface area (Å²) in [6, 6.07) is 0. The van der Waals surface area contributed by atoms with Crippen molar-refractivity contribution in [2.24, 2.45) is 5.92 Å². The van der Waals surface area contributed by atoms with Crippen LogP contribution in [0.3, 0.4) is 0 Å². The first-order valence-corrected chi connectivity index (χ1v) is 7.54. The third kappa shape index (κ3) is 3.31. The number of piperidine rings is 1. The summed E-state index contributed by atoms with van der Waals surface area (Å²) in [5, 5.41) is 0. The van der Waals surface area contributed by atoms with E-state index >= 15 is 0 Å². The molecular formula is C16H30NO2. The summed E-state index contributed by atoms with van der Waals surface area (Å²) in [7, 11) is 0. The van der Waals surface area contributed by atoms with E-state index in [1.807, 2.05) is 0 Å². The molecular weight excluding hydrogens is 238 g/mol. The van der Waals surface area contributed by atoms with Gasteiger partial charge in [-0.15, -0.1) is 0 Å². The first kappa shape index (κ1) is 16.5. The highest BCUT2D eigenvalue weighted by Gasteiger charge is 2.48. The van der Waals surface area contributed by atoms with Gasteiger partial charge in [0.1, 0.15) is 6.61 Å². The Morgan fingerprint density at radius 1 is 1.37 bits per heavy atom. The second kappa shape index (κ2) is 6.25. The standard InChI is InChI=1S/C16H30NO2/c1-7-15(5)10-9-13(3)16(6,8-2)17(15)11-12-19-14(4)18/h9,13H,7-8,10-12H2,1-6H3. The highest BCUT2D eigenvalue weighted by atomic mass is 16.5. The number of likely N-dealkylation sites (tertiary alicyclic amines) is 1. The first-order chi connectivity index (χ1) is 8.80. The summed E-state index contributed by atoms with van der Waals surface area (Å²) in [4.78, 5) is 13.5. The number of carbonyl (C=O) groups excluding carboxylic acids is 1. The number of carbonyl (C=O) groups is 1. The van der Waals surface area contributed by atoms with Crippen LogP contribution in [0.4, 0.5) is 0 Å². The lowest BCUT2D eigenvalue weighted by atomic mass is 9.69. The Bertz CT molecular complexity index is 318. The molecule has 1 fully saturated rings. The Morgan fingerprint density at radius 3 is 2.47 bits per heavy atom. The molecule has 0 amide bonds. The lowest BCUT2D eigenvalue weighted by molar-refractivity contribution is -0.144. The molecule has 1 radical (unpaired) electrons. The fraction of sp³-hybridized carbons (Fsp3) is 0.875. The van der Waals surface area contributed by atoms with Crippen LogP contribution >= 0.6 is 0 Å². The normalized spacial score (nSPS) is 36.2. The molecule has 1 aliphatic heterocycles. The minimum Gasteiger partial charge on any atom is -0.465 e. The van der Waals surface area contributed by atoms with Gasteiger partial charge in [0, 0.05) is 24.5 Å². The Kier molecular flexibility index (Phi) is 5.43. The van der Waals surface area contributed by atoms with Crippen LogP contribution in [0, 0.1) is 12.3 Å². The number of rotatable bonds is 5. The van der Waals surface area contributed by atoms with E-state index in [0.717, 1.165) is 25.8 Å². The van der Waals surface area contributed by atoms with Crippen LogP contribution in [-0.4, -0.2) is 35.1 Å². The van der Waals surface area contributed by atoms with Crippen LogP contribution in [0.5, 0.6) is 0 Å². The summed E-state index contributed by atoms with van der Waals surface area (Å²) in [5.74, 6) is 0.377. The van der Waals surface area contributed by atoms with Gasteiger partial charge in [0.25, 0.3) is 0 Å². The zero-order valence-electron chi connectivity index (χ0n) is 13.5. The number of nitrogens with zero attached hydrogens (tertiary/aromatic N) is 1. The van der Waals surface area contributed by atoms with Gasteiger partial charge in [-0.25, -0.2) is 0 Å². The SMILES string of the molecule is CCC1(C)C[CH]C(C)C(C)(CC)N1CCOC(C)=O. The maximum atomic E-state index is 11.0. The highest BCUT2D eigenvalue weighted by Crippen LogP contribution is 2.44. The monoisotopic (exact) mass is 268 g/mol. The smallest absolute Gasteiger partial charge is 0.302 e. The van der Waals surface area contributed by atoms with Crippen molar-refractivity contribution in [3.8, 4) is 0 Å². The van der Waals surface area contributed by atoms with E-state index in [4.69, 9.17) is 4.74 Å². The van der Waals surface area contributed by atoms with Crippen molar-refractivity contribution >= 4 is 5.97 Å². The average Bonchev–Trinajstić information content (AvgIpc) is 2.38. The number of ether oxygens (including phenoxy) is 1. The van der Waals surface area contributed by atoms with Gasteiger partial charge in [0.15, 0.2) is 0 Å². The molecule has 3 unspecified atom stereocenters. The summed E-state index contributed by atoms with van der Waals surface area (Å²) < 4.78 is 5.16. The summed E-state index contributed by atoms with van der Waals surface area (Å²) >= 11 is 0. The Balaban J connectivity index is 2.89. The number of hydrogen-bond acceptors (Lipinski definition) is 3.